The van der Waals surface area contributed by atoms with Gasteiger partial charge in [-0.15, -0.1) is 0 Å². The predicted octanol–water partition coefficient (Wildman–Crippen LogP) is 10.9. The van der Waals surface area contributed by atoms with Crippen molar-refractivity contribution in [1.29, 1.82) is 0 Å². The number of fused-ring (bicyclic) bond motifs is 9. The third-order valence-electron chi connectivity index (χ3n) is 9.32. The van der Waals surface area contributed by atoms with E-state index in [1.807, 2.05) is 30.5 Å². The van der Waals surface area contributed by atoms with Gasteiger partial charge in [0.25, 0.3) is 0 Å². The summed E-state index contributed by atoms with van der Waals surface area (Å²) in [6.07, 6.45) is 1.82. The van der Waals surface area contributed by atoms with Crippen LogP contribution in [0.2, 0.25) is 0 Å². The first-order valence-corrected chi connectivity index (χ1v) is 14.8. The fraction of sp³-hybridized carbons (Fsp3) is 0.0750. The smallest absolute Gasteiger partial charge is 0.187 e. The average molecular weight is 564 g/mol. The maximum atomic E-state index is 7.52. The molecule has 0 radical (unpaired) electrons. The van der Waals surface area contributed by atoms with E-state index >= 15 is 0 Å². The Labute approximate surface area is 254 Å². The zero-order valence-electron chi connectivity index (χ0n) is 24.2. The van der Waals surface area contributed by atoms with Gasteiger partial charge in [0.2, 0.25) is 0 Å². The minimum absolute atomic E-state index is 0.207. The molecule has 0 fully saturated rings. The van der Waals surface area contributed by atoms with Crippen molar-refractivity contribution in [1.82, 2.24) is 9.97 Å². The molecule has 1 aliphatic carbocycles. The summed E-state index contributed by atoms with van der Waals surface area (Å²) >= 11 is 0. The fourth-order valence-corrected chi connectivity index (χ4v) is 7.07. The number of rotatable bonds is 2. The molecule has 0 spiro atoms. The van der Waals surface area contributed by atoms with Crippen LogP contribution >= 0.6 is 0 Å². The maximum Gasteiger partial charge on any atom is 0.187 e. The largest absolute Gasteiger partial charge is 0.456 e. The lowest BCUT2D eigenvalue weighted by molar-refractivity contribution is 0.661. The number of benzene rings is 5. The third kappa shape index (κ3) is 3.44. The zero-order valence-corrected chi connectivity index (χ0v) is 24.2. The quantitative estimate of drug-likeness (QED) is 0.155. The van der Waals surface area contributed by atoms with Crippen molar-refractivity contribution in [3.63, 3.8) is 0 Å². The van der Waals surface area contributed by atoms with Crippen molar-refractivity contribution in [2.24, 2.45) is 0 Å². The molecule has 0 N–H and O–H groups in total. The molecule has 9 rings (SSSR count). The summed E-state index contributed by atoms with van der Waals surface area (Å²) in [6, 6.07) is 37.9. The van der Waals surface area contributed by atoms with Gasteiger partial charge in [-0.1, -0.05) is 80.6 Å². The Morgan fingerprint density at radius 3 is 2.30 bits per heavy atom. The van der Waals surface area contributed by atoms with Crippen LogP contribution in [0.15, 0.2) is 120 Å². The molecule has 206 valence electrons. The van der Waals surface area contributed by atoms with Crippen LogP contribution in [-0.2, 0) is 5.41 Å². The number of aromatic nitrogens is 2. The number of hydrogen-bond donors (Lipinski definition) is 0. The molecule has 0 bridgehead atoms. The first-order chi connectivity index (χ1) is 21.5. The topological polar surface area (TPSA) is 43.3 Å². The van der Waals surface area contributed by atoms with Gasteiger partial charge in [0, 0.05) is 38.7 Å². The molecule has 3 aromatic heterocycles. The molecule has 0 amide bonds. The van der Waals surface area contributed by atoms with Gasteiger partial charge in [-0.05, 0) is 75.8 Å². The van der Waals surface area contributed by atoms with Crippen molar-refractivity contribution in [2.75, 3.05) is 0 Å². The zero-order chi connectivity index (χ0) is 29.6. The molecular weight excluding hydrogens is 538 g/mol. The molecule has 0 atom stereocenters. The van der Waals surface area contributed by atoms with Gasteiger partial charge in [-0.25, -0.2) is 9.83 Å². The van der Waals surface area contributed by atoms with E-state index in [-0.39, 0.29) is 5.41 Å². The summed E-state index contributed by atoms with van der Waals surface area (Å²) in [5, 5.41) is 4.32. The van der Waals surface area contributed by atoms with Gasteiger partial charge < -0.3 is 4.42 Å². The van der Waals surface area contributed by atoms with Crippen LogP contribution in [0.5, 0.6) is 0 Å². The summed E-state index contributed by atoms with van der Waals surface area (Å²) in [6.45, 7) is 12.0. The first kappa shape index (κ1) is 24.8. The van der Waals surface area contributed by atoms with Gasteiger partial charge in [0.05, 0.1) is 23.3 Å². The van der Waals surface area contributed by atoms with Crippen molar-refractivity contribution >= 4 is 49.4 Å². The molecule has 0 unspecified atom stereocenters. The van der Waals surface area contributed by atoms with E-state index in [0.29, 0.717) is 5.69 Å². The SMILES string of the molecule is [C-]#[N+]c1ccc2c(c1)C(C)(C)c1cc(-c3cccc4oc5ccc(-c6ccc7ccc8cccnc8c7n6)cc5c34)ccc1-2. The van der Waals surface area contributed by atoms with E-state index in [0.717, 1.165) is 66.1 Å². The lowest BCUT2D eigenvalue weighted by Crippen LogP contribution is -2.14. The number of nitrogens with zero attached hydrogens (tertiary/aromatic N) is 3. The van der Waals surface area contributed by atoms with Crippen LogP contribution in [0.1, 0.15) is 25.0 Å². The summed E-state index contributed by atoms with van der Waals surface area (Å²) < 4.78 is 6.38. The van der Waals surface area contributed by atoms with Crippen LogP contribution in [-0.4, -0.2) is 9.97 Å². The second-order valence-electron chi connectivity index (χ2n) is 12.1. The van der Waals surface area contributed by atoms with Crippen molar-refractivity contribution in [3.05, 3.63) is 138 Å². The summed E-state index contributed by atoms with van der Waals surface area (Å²) in [7, 11) is 0. The molecule has 4 nitrogen and oxygen atoms in total. The Balaban J connectivity index is 1.22. The van der Waals surface area contributed by atoms with Gasteiger partial charge >= 0.3 is 0 Å². The molecule has 44 heavy (non-hydrogen) atoms. The molecule has 3 heterocycles. The molecular formula is C40H25N3O. The lowest BCUT2D eigenvalue weighted by Gasteiger charge is -2.22. The van der Waals surface area contributed by atoms with Crippen molar-refractivity contribution < 1.29 is 4.42 Å². The Kier molecular flexibility index (Phi) is 4.99. The fourth-order valence-electron chi connectivity index (χ4n) is 7.07. The standard InChI is InChI=1S/C40H25N3O/c1-40(2)32-21-25(11-15-29(32)30-16-14-27(41-3)22-33(30)40)28-7-4-8-36-37(28)31-20-26(13-18-35(31)44-36)34-17-12-24-10-9-23-6-5-19-42-38(23)39(24)43-34/h4-22H,1-2H3. The molecule has 5 aromatic carbocycles. The monoisotopic (exact) mass is 563 g/mol. The molecule has 0 saturated carbocycles. The minimum atomic E-state index is -0.207. The summed E-state index contributed by atoms with van der Waals surface area (Å²) in [4.78, 5) is 13.4. The van der Waals surface area contributed by atoms with Crippen LogP contribution < -0.4 is 0 Å². The summed E-state index contributed by atoms with van der Waals surface area (Å²) in [5.41, 5.74) is 13.2. The second-order valence-corrected chi connectivity index (χ2v) is 12.1. The van der Waals surface area contributed by atoms with E-state index in [2.05, 4.69) is 109 Å². The lowest BCUT2D eigenvalue weighted by atomic mass is 9.81. The van der Waals surface area contributed by atoms with Gasteiger partial charge in [0.1, 0.15) is 11.2 Å². The van der Waals surface area contributed by atoms with Crippen LogP contribution in [0.25, 0.3) is 82.1 Å². The van der Waals surface area contributed by atoms with Crippen LogP contribution in [0.4, 0.5) is 5.69 Å². The summed E-state index contributed by atoms with van der Waals surface area (Å²) in [5.74, 6) is 0. The normalized spacial score (nSPS) is 13.4. The molecule has 0 aliphatic heterocycles. The van der Waals surface area contributed by atoms with Crippen molar-refractivity contribution in [2.45, 2.75) is 19.3 Å². The average Bonchev–Trinajstić information content (AvgIpc) is 3.55. The van der Waals surface area contributed by atoms with E-state index < -0.39 is 0 Å². The number of pyridine rings is 2. The molecule has 4 heteroatoms. The van der Waals surface area contributed by atoms with E-state index in [1.54, 1.807) is 0 Å². The van der Waals surface area contributed by atoms with Crippen LogP contribution in [0, 0.1) is 6.57 Å². The van der Waals surface area contributed by atoms with Gasteiger partial charge in [0.15, 0.2) is 5.69 Å². The van der Waals surface area contributed by atoms with E-state index in [4.69, 9.17) is 16.0 Å². The van der Waals surface area contributed by atoms with E-state index in [1.165, 1.54) is 22.3 Å². The highest BCUT2D eigenvalue weighted by Crippen LogP contribution is 2.51. The minimum Gasteiger partial charge on any atom is -0.456 e. The highest BCUT2D eigenvalue weighted by molar-refractivity contribution is 6.13. The molecule has 0 saturated heterocycles. The van der Waals surface area contributed by atoms with Gasteiger partial charge in [-0.2, -0.15) is 0 Å². The number of hydrogen-bond acceptors (Lipinski definition) is 3. The van der Waals surface area contributed by atoms with Crippen LogP contribution in [0.3, 0.4) is 0 Å². The highest BCUT2D eigenvalue weighted by atomic mass is 16.3. The molecule has 1 aliphatic rings. The van der Waals surface area contributed by atoms with Crippen molar-refractivity contribution in [3.8, 4) is 33.5 Å². The predicted molar refractivity (Wildman–Crippen MR) is 179 cm³/mol. The number of furan rings is 1. The highest BCUT2D eigenvalue weighted by Gasteiger charge is 2.35. The Hall–Kier alpha value is -5.79. The Morgan fingerprint density at radius 2 is 1.43 bits per heavy atom. The van der Waals surface area contributed by atoms with E-state index in [9.17, 15) is 0 Å². The Morgan fingerprint density at radius 1 is 0.659 bits per heavy atom. The van der Waals surface area contributed by atoms with Gasteiger partial charge in [-0.3, -0.25) is 4.98 Å². The third-order valence-corrected chi connectivity index (χ3v) is 9.32. The first-order valence-electron chi connectivity index (χ1n) is 14.8. The molecule has 8 aromatic rings. The Bertz CT molecular complexity index is 2550. The second kappa shape index (κ2) is 8.86. The maximum absolute atomic E-state index is 7.52.